The number of halogens is 1. The molecule has 2 aromatic carbocycles. The number of aryl methyl sites for hydroxylation is 1. The van der Waals surface area contributed by atoms with Gasteiger partial charge in [0.2, 0.25) is 0 Å². The summed E-state index contributed by atoms with van der Waals surface area (Å²) < 4.78 is 13.2. The summed E-state index contributed by atoms with van der Waals surface area (Å²) in [5, 5.41) is 6.91. The molecule has 4 nitrogen and oxygen atoms in total. The van der Waals surface area contributed by atoms with E-state index in [0.717, 1.165) is 24.8 Å². The number of nitrogens with one attached hydrogen (secondary N) is 3. The number of amides is 2. The highest BCUT2D eigenvalue weighted by atomic mass is 19.1. The molecule has 0 saturated carbocycles. The molecule has 4 rings (SSSR count). The first kappa shape index (κ1) is 14.8. The normalized spacial score (nSPS) is 16.6. The van der Waals surface area contributed by atoms with Crippen LogP contribution in [0.25, 0.3) is 10.9 Å². The average molecular weight is 323 g/mol. The predicted octanol–water partition coefficient (Wildman–Crippen LogP) is 3.99. The number of hydrogen-bond donors (Lipinski definition) is 3. The minimum atomic E-state index is -0.367. The van der Waals surface area contributed by atoms with Crippen molar-refractivity contribution in [3.63, 3.8) is 0 Å². The van der Waals surface area contributed by atoms with Crippen molar-refractivity contribution in [2.24, 2.45) is 0 Å². The summed E-state index contributed by atoms with van der Waals surface area (Å²) in [6.45, 7) is 0. The first-order valence-corrected chi connectivity index (χ1v) is 8.10. The fourth-order valence-corrected chi connectivity index (χ4v) is 3.41. The topological polar surface area (TPSA) is 56.9 Å². The first-order chi connectivity index (χ1) is 11.7. The maximum Gasteiger partial charge on any atom is 0.319 e. The molecule has 1 unspecified atom stereocenters. The van der Waals surface area contributed by atoms with Crippen LogP contribution < -0.4 is 10.6 Å². The van der Waals surface area contributed by atoms with Crippen LogP contribution in [-0.4, -0.2) is 17.1 Å². The van der Waals surface area contributed by atoms with Crippen LogP contribution in [0.1, 0.15) is 17.7 Å². The zero-order chi connectivity index (χ0) is 16.5. The maximum atomic E-state index is 13.2. The number of para-hydroxylation sites is 1. The highest BCUT2D eigenvalue weighted by molar-refractivity contribution is 5.90. The van der Waals surface area contributed by atoms with Crippen molar-refractivity contribution in [1.29, 1.82) is 0 Å². The largest absolute Gasteiger partial charge is 0.358 e. The molecule has 5 heteroatoms. The van der Waals surface area contributed by atoms with E-state index in [1.807, 2.05) is 12.1 Å². The van der Waals surface area contributed by atoms with Gasteiger partial charge in [-0.1, -0.05) is 24.3 Å². The highest BCUT2D eigenvalue weighted by Gasteiger charge is 2.23. The Kier molecular flexibility index (Phi) is 3.69. The lowest BCUT2D eigenvalue weighted by Crippen LogP contribution is -2.41. The lowest BCUT2D eigenvalue weighted by atomic mass is 9.91. The number of urea groups is 1. The Morgan fingerprint density at radius 2 is 2.04 bits per heavy atom. The molecule has 0 aliphatic heterocycles. The van der Waals surface area contributed by atoms with Gasteiger partial charge in [-0.05, 0) is 49.1 Å². The van der Waals surface area contributed by atoms with E-state index in [1.165, 1.54) is 28.8 Å². The molecule has 2 amide bonds. The third-order valence-corrected chi connectivity index (χ3v) is 4.51. The number of carbonyl (C=O) groups excluding carboxylic acids is 1. The molecule has 1 aliphatic carbocycles. The summed E-state index contributed by atoms with van der Waals surface area (Å²) >= 11 is 0. The second-order valence-corrected chi connectivity index (χ2v) is 6.18. The molecule has 1 heterocycles. The first-order valence-electron chi connectivity index (χ1n) is 8.10. The van der Waals surface area contributed by atoms with Gasteiger partial charge in [0.1, 0.15) is 5.82 Å². The Morgan fingerprint density at radius 3 is 2.92 bits per heavy atom. The van der Waals surface area contributed by atoms with Gasteiger partial charge in [0.15, 0.2) is 0 Å². The number of aromatic amines is 1. The van der Waals surface area contributed by atoms with Crippen molar-refractivity contribution in [1.82, 2.24) is 10.3 Å². The lowest BCUT2D eigenvalue weighted by Gasteiger charge is -2.23. The summed E-state index contributed by atoms with van der Waals surface area (Å²) in [5.74, 6) is -0.367. The van der Waals surface area contributed by atoms with Gasteiger partial charge in [0.25, 0.3) is 0 Å². The molecule has 0 spiro atoms. The molecule has 1 aliphatic rings. The standard InChI is InChI=1S/C19H18FN3O/c20-12-4-3-5-13(10-12)21-19(24)22-14-8-9-18-16(11-14)15-6-1-2-7-17(15)23-18/h1-7,10,14,23H,8-9,11H2,(H2,21,22,24). The molecule has 0 radical (unpaired) electrons. The SMILES string of the molecule is O=C(Nc1cccc(F)c1)NC1CCc2[nH]c3ccccc3c2C1. The molecule has 24 heavy (non-hydrogen) atoms. The maximum absolute atomic E-state index is 13.2. The Morgan fingerprint density at radius 1 is 1.17 bits per heavy atom. The summed E-state index contributed by atoms with van der Waals surface area (Å²) in [5.41, 5.74) is 4.15. The number of rotatable bonds is 2. The number of anilines is 1. The molecule has 3 aromatic rings. The molecule has 1 aromatic heterocycles. The van der Waals surface area contributed by atoms with E-state index in [0.29, 0.717) is 5.69 Å². The molecule has 0 saturated heterocycles. The summed E-state index contributed by atoms with van der Waals surface area (Å²) in [7, 11) is 0. The molecule has 3 N–H and O–H groups in total. The summed E-state index contributed by atoms with van der Waals surface area (Å²) in [4.78, 5) is 15.6. The van der Waals surface area contributed by atoms with Crippen LogP contribution in [0, 0.1) is 5.82 Å². The van der Waals surface area contributed by atoms with Crippen LogP contribution in [0.2, 0.25) is 0 Å². The van der Waals surface area contributed by atoms with E-state index in [1.54, 1.807) is 12.1 Å². The Labute approximate surface area is 139 Å². The van der Waals surface area contributed by atoms with E-state index in [-0.39, 0.29) is 17.9 Å². The van der Waals surface area contributed by atoms with Crippen molar-refractivity contribution in [3.8, 4) is 0 Å². The average Bonchev–Trinajstić information content (AvgIpc) is 2.93. The number of fused-ring (bicyclic) bond motifs is 3. The van der Waals surface area contributed by atoms with Crippen molar-refractivity contribution < 1.29 is 9.18 Å². The van der Waals surface area contributed by atoms with Crippen molar-refractivity contribution in [2.45, 2.75) is 25.3 Å². The number of benzene rings is 2. The van der Waals surface area contributed by atoms with Crippen LogP contribution in [-0.2, 0) is 12.8 Å². The Bertz CT molecular complexity index is 903. The molecule has 122 valence electrons. The van der Waals surface area contributed by atoms with Crippen LogP contribution in [0.4, 0.5) is 14.9 Å². The minimum Gasteiger partial charge on any atom is -0.358 e. The van der Waals surface area contributed by atoms with E-state index in [4.69, 9.17) is 0 Å². The van der Waals surface area contributed by atoms with E-state index < -0.39 is 0 Å². The van der Waals surface area contributed by atoms with Crippen LogP contribution in [0.5, 0.6) is 0 Å². The molecule has 1 atom stereocenters. The predicted molar refractivity (Wildman–Crippen MR) is 92.7 cm³/mol. The van der Waals surface area contributed by atoms with Crippen molar-refractivity contribution in [3.05, 3.63) is 65.6 Å². The zero-order valence-corrected chi connectivity index (χ0v) is 13.1. The van der Waals surface area contributed by atoms with Gasteiger partial charge in [0.05, 0.1) is 0 Å². The van der Waals surface area contributed by atoms with Gasteiger partial charge in [-0.3, -0.25) is 0 Å². The van der Waals surface area contributed by atoms with Gasteiger partial charge in [0, 0.05) is 28.3 Å². The van der Waals surface area contributed by atoms with Crippen LogP contribution >= 0.6 is 0 Å². The van der Waals surface area contributed by atoms with Gasteiger partial charge in [-0.15, -0.1) is 0 Å². The summed E-state index contributed by atoms with van der Waals surface area (Å²) in [6, 6.07) is 13.9. The monoisotopic (exact) mass is 323 g/mol. The molecular weight excluding hydrogens is 305 g/mol. The Balaban J connectivity index is 1.46. The van der Waals surface area contributed by atoms with Crippen molar-refractivity contribution >= 4 is 22.6 Å². The smallest absolute Gasteiger partial charge is 0.319 e. The summed E-state index contributed by atoms with van der Waals surface area (Å²) in [6.07, 6.45) is 2.60. The Hall–Kier alpha value is -2.82. The van der Waals surface area contributed by atoms with Gasteiger partial charge in [-0.2, -0.15) is 0 Å². The fourth-order valence-electron chi connectivity index (χ4n) is 3.41. The highest BCUT2D eigenvalue weighted by Crippen LogP contribution is 2.29. The quantitative estimate of drug-likeness (QED) is 0.656. The molecular formula is C19H18FN3O. The third-order valence-electron chi connectivity index (χ3n) is 4.51. The van der Waals surface area contributed by atoms with E-state index in [9.17, 15) is 9.18 Å². The van der Waals surface area contributed by atoms with Gasteiger partial charge >= 0.3 is 6.03 Å². The lowest BCUT2D eigenvalue weighted by molar-refractivity contribution is 0.247. The number of H-pyrrole nitrogens is 1. The second kappa shape index (κ2) is 6.00. The van der Waals surface area contributed by atoms with Crippen LogP contribution in [0.3, 0.4) is 0 Å². The number of hydrogen-bond acceptors (Lipinski definition) is 1. The molecule has 0 fully saturated rings. The van der Waals surface area contributed by atoms with E-state index in [2.05, 4.69) is 27.8 Å². The molecule has 0 bridgehead atoms. The van der Waals surface area contributed by atoms with Gasteiger partial charge in [-0.25, -0.2) is 9.18 Å². The fraction of sp³-hybridized carbons (Fsp3) is 0.211. The number of aromatic nitrogens is 1. The van der Waals surface area contributed by atoms with Crippen molar-refractivity contribution in [2.75, 3.05) is 5.32 Å². The van der Waals surface area contributed by atoms with E-state index >= 15 is 0 Å². The van der Waals surface area contributed by atoms with Crippen LogP contribution in [0.15, 0.2) is 48.5 Å². The number of carbonyl (C=O) groups is 1. The van der Waals surface area contributed by atoms with Gasteiger partial charge < -0.3 is 15.6 Å². The third kappa shape index (κ3) is 2.85. The second-order valence-electron chi connectivity index (χ2n) is 6.18. The minimum absolute atomic E-state index is 0.0743. The zero-order valence-electron chi connectivity index (χ0n) is 13.1.